The SMILES string of the molecule is CN(Cc1ccc(NC2Cc3ccccc3C2(C)C)cn1)C(=O)CN1CCNC1=O. The van der Waals surface area contributed by atoms with E-state index in [9.17, 15) is 9.59 Å². The van der Waals surface area contributed by atoms with Crippen molar-refractivity contribution in [1.82, 2.24) is 20.1 Å². The molecular formula is C23H29N5O2. The Hall–Kier alpha value is -3.09. The highest BCUT2D eigenvalue weighted by molar-refractivity contribution is 5.84. The van der Waals surface area contributed by atoms with Crippen LogP contribution in [0.15, 0.2) is 42.6 Å². The van der Waals surface area contributed by atoms with Crippen LogP contribution in [-0.4, -0.2) is 59.4 Å². The number of nitrogens with one attached hydrogen (secondary N) is 2. The van der Waals surface area contributed by atoms with E-state index in [2.05, 4.69) is 53.7 Å². The zero-order valence-corrected chi connectivity index (χ0v) is 17.8. The third-order valence-electron chi connectivity index (χ3n) is 6.27. The van der Waals surface area contributed by atoms with Crippen molar-refractivity contribution in [3.63, 3.8) is 0 Å². The lowest BCUT2D eigenvalue weighted by Gasteiger charge is -2.30. The van der Waals surface area contributed by atoms with Gasteiger partial charge in [-0.05, 0) is 29.7 Å². The van der Waals surface area contributed by atoms with E-state index < -0.39 is 0 Å². The number of anilines is 1. The Kier molecular flexibility index (Phi) is 5.37. The topological polar surface area (TPSA) is 77.6 Å². The van der Waals surface area contributed by atoms with Gasteiger partial charge in [0.15, 0.2) is 0 Å². The van der Waals surface area contributed by atoms with E-state index in [4.69, 9.17) is 0 Å². The number of carbonyl (C=O) groups is 2. The molecule has 1 saturated heterocycles. The van der Waals surface area contributed by atoms with E-state index in [1.807, 2.05) is 18.3 Å². The fraction of sp³-hybridized carbons (Fsp3) is 0.435. The van der Waals surface area contributed by atoms with Crippen LogP contribution >= 0.6 is 0 Å². The Bertz CT molecular complexity index is 941. The number of hydrogen-bond acceptors (Lipinski definition) is 4. The Morgan fingerprint density at radius 2 is 2.10 bits per heavy atom. The van der Waals surface area contributed by atoms with Crippen LogP contribution in [0.2, 0.25) is 0 Å². The van der Waals surface area contributed by atoms with Gasteiger partial charge in [0.1, 0.15) is 6.54 Å². The normalized spacial score (nSPS) is 19.4. The number of rotatable bonds is 6. The molecule has 1 aromatic heterocycles. The monoisotopic (exact) mass is 407 g/mol. The molecule has 0 saturated carbocycles. The van der Waals surface area contributed by atoms with Gasteiger partial charge in [-0.25, -0.2) is 4.79 Å². The molecular weight excluding hydrogens is 378 g/mol. The minimum absolute atomic E-state index is 0.0454. The predicted molar refractivity (Wildman–Crippen MR) is 116 cm³/mol. The minimum atomic E-state index is -0.178. The highest BCUT2D eigenvalue weighted by Crippen LogP contribution is 2.39. The summed E-state index contributed by atoms with van der Waals surface area (Å²) in [6.07, 6.45) is 2.83. The molecule has 1 aliphatic carbocycles. The summed E-state index contributed by atoms with van der Waals surface area (Å²) >= 11 is 0. The third-order valence-corrected chi connectivity index (χ3v) is 6.27. The van der Waals surface area contributed by atoms with Gasteiger partial charge in [0, 0.05) is 31.6 Å². The molecule has 1 aromatic carbocycles. The van der Waals surface area contributed by atoms with Crippen molar-refractivity contribution in [2.24, 2.45) is 0 Å². The van der Waals surface area contributed by atoms with E-state index >= 15 is 0 Å². The number of fused-ring (bicyclic) bond motifs is 1. The van der Waals surface area contributed by atoms with Gasteiger partial charge in [-0.15, -0.1) is 0 Å². The number of likely N-dealkylation sites (N-methyl/N-ethyl adjacent to an activating group) is 1. The Balaban J connectivity index is 1.34. The second-order valence-corrected chi connectivity index (χ2v) is 8.72. The van der Waals surface area contributed by atoms with Crippen molar-refractivity contribution in [2.75, 3.05) is 32.0 Å². The maximum atomic E-state index is 12.4. The average Bonchev–Trinajstić information content (AvgIpc) is 3.24. The molecule has 2 aliphatic rings. The molecule has 1 unspecified atom stereocenters. The van der Waals surface area contributed by atoms with Crippen molar-refractivity contribution in [3.8, 4) is 0 Å². The van der Waals surface area contributed by atoms with Crippen molar-refractivity contribution < 1.29 is 9.59 Å². The number of urea groups is 1. The molecule has 2 N–H and O–H groups in total. The summed E-state index contributed by atoms with van der Waals surface area (Å²) < 4.78 is 0. The molecule has 0 bridgehead atoms. The molecule has 1 fully saturated rings. The summed E-state index contributed by atoms with van der Waals surface area (Å²) in [7, 11) is 1.74. The molecule has 158 valence electrons. The van der Waals surface area contributed by atoms with Gasteiger partial charge < -0.3 is 20.4 Å². The van der Waals surface area contributed by atoms with E-state index in [1.165, 1.54) is 16.0 Å². The van der Waals surface area contributed by atoms with Crippen LogP contribution in [0.4, 0.5) is 10.5 Å². The van der Waals surface area contributed by atoms with Crippen molar-refractivity contribution in [1.29, 1.82) is 0 Å². The summed E-state index contributed by atoms with van der Waals surface area (Å²) in [6.45, 7) is 6.22. The van der Waals surface area contributed by atoms with Crippen molar-refractivity contribution in [2.45, 2.75) is 38.3 Å². The van der Waals surface area contributed by atoms with Crippen LogP contribution in [0.1, 0.15) is 30.7 Å². The van der Waals surface area contributed by atoms with Gasteiger partial charge in [-0.1, -0.05) is 38.1 Å². The van der Waals surface area contributed by atoms with Crippen LogP contribution in [-0.2, 0) is 23.2 Å². The number of pyridine rings is 1. The van der Waals surface area contributed by atoms with Crippen molar-refractivity contribution >= 4 is 17.6 Å². The van der Waals surface area contributed by atoms with Gasteiger partial charge in [-0.2, -0.15) is 0 Å². The lowest BCUT2D eigenvalue weighted by Crippen LogP contribution is -2.39. The summed E-state index contributed by atoms with van der Waals surface area (Å²) in [5, 5.41) is 6.35. The fourth-order valence-corrected chi connectivity index (χ4v) is 4.30. The number of aromatic nitrogens is 1. The molecule has 2 aromatic rings. The van der Waals surface area contributed by atoms with Crippen LogP contribution < -0.4 is 10.6 Å². The van der Waals surface area contributed by atoms with Crippen LogP contribution in [0.5, 0.6) is 0 Å². The zero-order chi connectivity index (χ0) is 21.3. The number of benzene rings is 1. The average molecular weight is 408 g/mol. The number of hydrogen-bond donors (Lipinski definition) is 2. The van der Waals surface area contributed by atoms with Gasteiger partial charge in [0.25, 0.3) is 0 Å². The van der Waals surface area contributed by atoms with E-state index in [0.717, 1.165) is 17.8 Å². The smallest absolute Gasteiger partial charge is 0.317 e. The molecule has 7 heteroatoms. The minimum Gasteiger partial charge on any atom is -0.380 e. The van der Waals surface area contributed by atoms with Gasteiger partial charge in [0.2, 0.25) is 5.91 Å². The van der Waals surface area contributed by atoms with Crippen LogP contribution in [0.3, 0.4) is 0 Å². The molecule has 0 spiro atoms. The second kappa shape index (κ2) is 7.97. The first-order chi connectivity index (χ1) is 14.3. The second-order valence-electron chi connectivity index (χ2n) is 8.72. The summed E-state index contributed by atoms with van der Waals surface area (Å²) in [6, 6.07) is 12.7. The van der Waals surface area contributed by atoms with Crippen molar-refractivity contribution in [3.05, 3.63) is 59.4 Å². The first kappa shape index (κ1) is 20.2. The van der Waals surface area contributed by atoms with Gasteiger partial charge in [0.05, 0.1) is 24.1 Å². The summed E-state index contributed by atoms with van der Waals surface area (Å²) in [5.41, 5.74) is 4.64. The summed E-state index contributed by atoms with van der Waals surface area (Å²) in [5.74, 6) is -0.0958. The first-order valence-corrected chi connectivity index (χ1v) is 10.4. The highest BCUT2D eigenvalue weighted by Gasteiger charge is 2.39. The summed E-state index contributed by atoms with van der Waals surface area (Å²) in [4.78, 5) is 31.7. The molecule has 30 heavy (non-hydrogen) atoms. The Morgan fingerprint density at radius 3 is 2.77 bits per heavy atom. The third kappa shape index (κ3) is 3.97. The van der Waals surface area contributed by atoms with E-state index in [0.29, 0.717) is 25.7 Å². The van der Waals surface area contributed by atoms with Gasteiger partial charge in [-0.3, -0.25) is 9.78 Å². The lowest BCUT2D eigenvalue weighted by atomic mass is 9.83. The molecule has 3 amide bonds. The first-order valence-electron chi connectivity index (χ1n) is 10.4. The maximum Gasteiger partial charge on any atom is 0.317 e. The highest BCUT2D eigenvalue weighted by atomic mass is 16.2. The molecule has 0 radical (unpaired) electrons. The molecule has 7 nitrogen and oxygen atoms in total. The standard InChI is InChI=1S/C23H29N5O2/c1-23(2)19-7-5-4-6-16(19)12-20(23)26-17-8-9-18(25-13-17)14-27(3)21(29)15-28-11-10-24-22(28)30/h4-9,13,20,26H,10-12,14-15H2,1-3H3,(H,24,30). The Labute approximate surface area is 177 Å². The number of carbonyl (C=O) groups excluding carboxylic acids is 2. The molecule has 1 aliphatic heterocycles. The fourth-order valence-electron chi connectivity index (χ4n) is 4.30. The number of nitrogens with zero attached hydrogens (tertiary/aromatic N) is 3. The zero-order valence-electron chi connectivity index (χ0n) is 17.8. The molecule has 2 heterocycles. The van der Waals surface area contributed by atoms with E-state index in [-0.39, 0.29) is 23.9 Å². The van der Waals surface area contributed by atoms with Crippen LogP contribution in [0, 0.1) is 0 Å². The van der Waals surface area contributed by atoms with Gasteiger partial charge >= 0.3 is 6.03 Å². The predicted octanol–water partition coefficient (Wildman–Crippen LogP) is 2.38. The largest absolute Gasteiger partial charge is 0.380 e. The molecule has 4 rings (SSSR count). The van der Waals surface area contributed by atoms with E-state index in [1.54, 1.807) is 11.9 Å². The quantitative estimate of drug-likeness (QED) is 0.771. The maximum absolute atomic E-state index is 12.4. The van der Waals surface area contributed by atoms with Crippen LogP contribution in [0.25, 0.3) is 0 Å². The number of amides is 3. The lowest BCUT2D eigenvalue weighted by molar-refractivity contribution is -0.130. The molecule has 1 atom stereocenters. The Morgan fingerprint density at radius 1 is 1.30 bits per heavy atom.